The molecule has 78 heavy (non-hydrogen) atoms. The van der Waals surface area contributed by atoms with Gasteiger partial charge >= 0.3 is 0 Å². The summed E-state index contributed by atoms with van der Waals surface area (Å²) in [7, 11) is 0. The summed E-state index contributed by atoms with van der Waals surface area (Å²) in [4.78, 5) is 14.4. The fourth-order valence-electron chi connectivity index (χ4n) is 13.4. The summed E-state index contributed by atoms with van der Waals surface area (Å²) in [6.07, 6.45) is 3.65. The predicted octanol–water partition coefficient (Wildman–Crippen LogP) is 18.8. The third kappa shape index (κ3) is 6.69. The third-order valence-corrected chi connectivity index (χ3v) is 17.2. The molecule has 0 saturated carbocycles. The van der Waals surface area contributed by atoms with Crippen molar-refractivity contribution in [3.05, 3.63) is 264 Å². The minimum absolute atomic E-state index is 0.328. The average molecular weight is 1010 g/mol. The Kier molecular flexibility index (Phi) is 9.99. The molecule has 3 aromatic heterocycles. The van der Waals surface area contributed by atoms with Gasteiger partial charge in [-0.25, -0.2) is 9.97 Å². The van der Waals surface area contributed by atoms with Gasteiger partial charge in [0.1, 0.15) is 0 Å². The summed E-state index contributed by atoms with van der Waals surface area (Å²) >= 11 is 0. The number of benzene rings is 10. The van der Waals surface area contributed by atoms with Crippen molar-refractivity contribution in [2.24, 2.45) is 0 Å². The Morgan fingerprint density at radius 2 is 0.692 bits per heavy atom. The molecule has 6 nitrogen and oxygen atoms in total. The van der Waals surface area contributed by atoms with Gasteiger partial charge in [-0.2, -0.15) is 0 Å². The van der Waals surface area contributed by atoms with Gasteiger partial charge in [-0.3, -0.25) is 0 Å². The van der Waals surface area contributed by atoms with Gasteiger partial charge in [-0.05, 0) is 161 Å². The largest absolute Gasteiger partial charge is 0.310 e. The van der Waals surface area contributed by atoms with Crippen LogP contribution in [-0.2, 0) is 10.8 Å². The first-order chi connectivity index (χ1) is 38.0. The summed E-state index contributed by atoms with van der Waals surface area (Å²) in [6.45, 7) is 14.0. The van der Waals surface area contributed by atoms with E-state index in [9.17, 15) is 0 Å². The molecule has 0 bridgehead atoms. The van der Waals surface area contributed by atoms with Crippen molar-refractivity contribution in [2.45, 2.75) is 52.4 Å². The van der Waals surface area contributed by atoms with E-state index in [4.69, 9.17) is 0 Å². The maximum atomic E-state index is 4.69. The van der Waals surface area contributed by atoms with Gasteiger partial charge in [0.2, 0.25) is 0 Å². The van der Waals surface area contributed by atoms with E-state index in [2.05, 4.69) is 283 Å². The molecule has 0 N–H and O–H groups in total. The Balaban J connectivity index is 0.979. The SMILES string of the molecule is Cc1cc(-c2ncccn2)c(C)cc1-c1cc(N2c3ccccc3C(C)(C)c3cc(-n4c5ccccc5c5ccccc54)ccc32)cc(N2c3ccccc3C(C)(C)c3cc(-n4c5ccccc5c5ccccc54)ccc32)c1. The van der Waals surface area contributed by atoms with Gasteiger partial charge in [-0.1, -0.05) is 143 Å². The maximum absolute atomic E-state index is 4.69. The predicted molar refractivity (Wildman–Crippen MR) is 325 cm³/mol. The van der Waals surface area contributed by atoms with Crippen LogP contribution in [0.1, 0.15) is 61.1 Å². The highest BCUT2D eigenvalue weighted by atomic mass is 15.2. The van der Waals surface area contributed by atoms with Crippen LogP contribution in [0.2, 0.25) is 0 Å². The molecule has 15 rings (SSSR count). The van der Waals surface area contributed by atoms with Gasteiger partial charge in [0.25, 0.3) is 0 Å². The Bertz CT molecular complexity index is 4260. The van der Waals surface area contributed by atoms with E-state index < -0.39 is 0 Å². The number of rotatable bonds is 6. The highest BCUT2D eigenvalue weighted by Crippen LogP contribution is 2.57. The highest BCUT2D eigenvalue weighted by Gasteiger charge is 2.40. The van der Waals surface area contributed by atoms with Crippen molar-refractivity contribution in [3.63, 3.8) is 0 Å². The zero-order chi connectivity index (χ0) is 52.6. The smallest absolute Gasteiger partial charge is 0.159 e. The van der Waals surface area contributed by atoms with Crippen LogP contribution in [0.3, 0.4) is 0 Å². The van der Waals surface area contributed by atoms with Crippen molar-refractivity contribution in [1.29, 1.82) is 0 Å². The Morgan fingerprint density at radius 3 is 1.14 bits per heavy atom. The molecule has 0 aliphatic carbocycles. The standard InChI is InChI=1S/C72H56N6/c1-45-39-57(70-73-36-19-37-74-70)46(2)38-56(45)47-40-50(77-66-30-17-11-24-58(66)71(3,4)60-43-48(32-34-68(60)77)75-62-26-13-7-20-52(62)53-21-8-14-27-63(53)75)42-51(41-47)78-67-31-18-12-25-59(67)72(5,6)61-44-49(33-35-69(61)78)76-64-28-15-9-22-54(64)55-23-10-16-29-65(55)76/h7-44H,1-6H3. The first kappa shape index (κ1) is 45.8. The molecule has 0 fully saturated rings. The van der Waals surface area contributed by atoms with E-state index in [1.165, 1.54) is 77.2 Å². The normalized spacial score (nSPS) is 14.2. The Hall–Kier alpha value is -9.52. The molecule has 0 saturated heterocycles. The molecule has 0 radical (unpaired) electrons. The van der Waals surface area contributed by atoms with Gasteiger partial charge < -0.3 is 18.9 Å². The summed E-state index contributed by atoms with van der Waals surface area (Å²) in [5, 5.41) is 5.01. The molecule has 0 unspecified atom stereocenters. The number of fused-ring (bicyclic) bond motifs is 10. The molecule has 374 valence electrons. The lowest BCUT2D eigenvalue weighted by molar-refractivity contribution is 0.631. The average Bonchev–Trinajstić information content (AvgIpc) is 4.14. The number of hydrogen-bond acceptors (Lipinski definition) is 4. The highest BCUT2D eigenvalue weighted by molar-refractivity contribution is 6.10. The molecule has 10 aromatic carbocycles. The molecule has 5 heterocycles. The first-order valence-electron chi connectivity index (χ1n) is 27.1. The number of hydrogen-bond donors (Lipinski definition) is 0. The van der Waals surface area contributed by atoms with Gasteiger partial charge in [-0.15, -0.1) is 0 Å². The van der Waals surface area contributed by atoms with Crippen molar-refractivity contribution in [3.8, 4) is 33.9 Å². The fourth-order valence-corrected chi connectivity index (χ4v) is 13.4. The van der Waals surface area contributed by atoms with Gasteiger partial charge in [0.15, 0.2) is 5.82 Å². The van der Waals surface area contributed by atoms with Crippen LogP contribution in [0.5, 0.6) is 0 Å². The lowest BCUT2D eigenvalue weighted by atomic mass is 9.73. The molecule has 2 aliphatic rings. The second-order valence-corrected chi connectivity index (χ2v) is 22.4. The second-order valence-electron chi connectivity index (χ2n) is 22.4. The van der Waals surface area contributed by atoms with Crippen molar-refractivity contribution in [1.82, 2.24) is 19.1 Å². The van der Waals surface area contributed by atoms with E-state index >= 15 is 0 Å². The first-order valence-corrected chi connectivity index (χ1v) is 27.1. The molecule has 0 spiro atoms. The Labute approximate surface area is 454 Å². The van der Waals surface area contributed by atoms with Gasteiger partial charge in [0, 0.05) is 73.1 Å². The topological polar surface area (TPSA) is 42.1 Å². The van der Waals surface area contributed by atoms with E-state index in [-0.39, 0.29) is 10.8 Å². The minimum atomic E-state index is -0.328. The third-order valence-electron chi connectivity index (χ3n) is 17.2. The van der Waals surface area contributed by atoms with Crippen molar-refractivity contribution < 1.29 is 0 Å². The summed E-state index contributed by atoms with van der Waals surface area (Å²) in [5.41, 5.74) is 23.9. The molecule has 2 aliphatic heterocycles. The maximum Gasteiger partial charge on any atom is 0.159 e. The second kappa shape index (κ2) is 17.0. The number of aryl methyl sites for hydroxylation is 2. The number of para-hydroxylation sites is 6. The molecular weight excluding hydrogens is 949 g/mol. The van der Waals surface area contributed by atoms with E-state index in [0.717, 1.165) is 67.8 Å². The van der Waals surface area contributed by atoms with Crippen LogP contribution in [-0.4, -0.2) is 19.1 Å². The molecule has 13 aromatic rings. The van der Waals surface area contributed by atoms with E-state index in [1.807, 2.05) is 18.5 Å². The van der Waals surface area contributed by atoms with Crippen LogP contribution < -0.4 is 9.80 Å². The monoisotopic (exact) mass is 1000 g/mol. The lowest BCUT2D eigenvalue weighted by Gasteiger charge is -2.44. The zero-order valence-corrected chi connectivity index (χ0v) is 44.6. The minimum Gasteiger partial charge on any atom is -0.310 e. The molecule has 0 atom stereocenters. The number of aromatic nitrogens is 4. The fraction of sp³-hybridized carbons (Fsp3) is 0.111. The van der Waals surface area contributed by atoms with E-state index in [0.29, 0.717) is 0 Å². The molecule has 0 amide bonds. The van der Waals surface area contributed by atoms with Crippen molar-refractivity contribution in [2.75, 3.05) is 9.80 Å². The van der Waals surface area contributed by atoms with Crippen molar-refractivity contribution >= 4 is 77.7 Å². The van der Waals surface area contributed by atoms with Crippen LogP contribution >= 0.6 is 0 Å². The molecule has 6 heteroatoms. The van der Waals surface area contributed by atoms with Crippen LogP contribution in [0.15, 0.2) is 231 Å². The van der Waals surface area contributed by atoms with Gasteiger partial charge in [0.05, 0.1) is 44.8 Å². The van der Waals surface area contributed by atoms with Crippen LogP contribution in [0.25, 0.3) is 77.5 Å². The van der Waals surface area contributed by atoms with Crippen LogP contribution in [0, 0.1) is 13.8 Å². The number of nitrogens with zero attached hydrogens (tertiary/aromatic N) is 6. The summed E-state index contributed by atoms with van der Waals surface area (Å²) in [6, 6.07) is 81.2. The summed E-state index contributed by atoms with van der Waals surface area (Å²) < 4.78 is 4.89. The number of anilines is 6. The molecular formula is C72H56N6. The zero-order valence-electron chi connectivity index (χ0n) is 44.6. The lowest BCUT2D eigenvalue weighted by Crippen LogP contribution is -2.31. The quantitative estimate of drug-likeness (QED) is 0.166. The summed E-state index contributed by atoms with van der Waals surface area (Å²) in [5.74, 6) is 0.730. The van der Waals surface area contributed by atoms with Crippen LogP contribution in [0.4, 0.5) is 34.1 Å². The Morgan fingerprint density at radius 1 is 0.321 bits per heavy atom. The van der Waals surface area contributed by atoms with E-state index in [1.54, 1.807) is 0 Å².